The van der Waals surface area contributed by atoms with E-state index in [1.165, 1.54) is 0 Å². The molecule has 1 aromatic carbocycles. The van der Waals surface area contributed by atoms with Crippen LogP contribution in [0.3, 0.4) is 0 Å². The van der Waals surface area contributed by atoms with Crippen molar-refractivity contribution in [2.24, 2.45) is 0 Å². The lowest BCUT2D eigenvalue weighted by atomic mass is 10.1. The minimum Gasteiger partial charge on any atom is -0.497 e. The zero-order valence-electron chi connectivity index (χ0n) is 12.3. The molecule has 0 radical (unpaired) electrons. The highest BCUT2D eigenvalue weighted by Gasteiger charge is 2.16. The maximum Gasteiger partial charge on any atom is 0.140 e. The first-order valence-electron chi connectivity index (χ1n) is 6.82. The number of nitriles is 1. The fraction of sp³-hybridized carbons (Fsp3) is 0.176. The van der Waals surface area contributed by atoms with E-state index in [9.17, 15) is 5.26 Å². The van der Waals surface area contributed by atoms with Crippen molar-refractivity contribution in [3.8, 4) is 23.1 Å². The second kappa shape index (κ2) is 5.82. The summed E-state index contributed by atoms with van der Waals surface area (Å²) in [5.41, 5.74) is 4.58. The molecule has 5 heteroatoms. The molecule has 3 rings (SSSR count). The van der Waals surface area contributed by atoms with Gasteiger partial charge >= 0.3 is 0 Å². The average Bonchev–Trinajstić information content (AvgIpc) is 2.87. The Hall–Kier alpha value is -2.32. The van der Waals surface area contributed by atoms with Crippen molar-refractivity contribution in [1.82, 2.24) is 9.38 Å². The number of aromatic nitrogens is 2. The third kappa shape index (κ3) is 2.46. The Morgan fingerprint density at radius 1 is 1.36 bits per heavy atom. The van der Waals surface area contributed by atoms with Crippen LogP contribution in [-0.2, 0) is 6.42 Å². The molecule has 22 heavy (non-hydrogen) atoms. The summed E-state index contributed by atoms with van der Waals surface area (Å²) in [5.74, 6) is 0.773. The molecule has 0 aliphatic carbocycles. The zero-order valence-corrected chi connectivity index (χ0v) is 13.9. The number of pyridine rings is 1. The molecule has 0 saturated carbocycles. The normalized spacial score (nSPS) is 10.6. The average molecular weight is 356 g/mol. The van der Waals surface area contributed by atoms with E-state index in [1.54, 1.807) is 7.11 Å². The Bertz CT molecular complexity index is 893. The number of hydrogen-bond acceptors (Lipinski definition) is 3. The first-order chi connectivity index (χ1) is 10.6. The van der Waals surface area contributed by atoms with Gasteiger partial charge < -0.3 is 9.14 Å². The van der Waals surface area contributed by atoms with Crippen LogP contribution in [0, 0.1) is 18.3 Å². The number of aryl methyl sites for hydroxylation is 1. The highest BCUT2D eigenvalue weighted by molar-refractivity contribution is 9.10. The molecule has 0 saturated heterocycles. The molecule has 3 aromatic rings. The second-order valence-corrected chi connectivity index (χ2v) is 5.92. The van der Waals surface area contributed by atoms with Crippen molar-refractivity contribution in [2.45, 2.75) is 13.3 Å². The van der Waals surface area contributed by atoms with Crippen LogP contribution >= 0.6 is 15.9 Å². The molecule has 0 amide bonds. The molecule has 110 valence electrons. The number of imidazole rings is 1. The molecule has 0 atom stereocenters. The van der Waals surface area contributed by atoms with Crippen LogP contribution in [0.5, 0.6) is 5.75 Å². The van der Waals surface area contributed by atoms with E-state index in [2.05, 4.69) is 22.0 Å². The van der Waals surface area contributed by atoms with Gasteiger partial charge in [0.15, 0.2) is 0 Å². The first kappa shape index (κ1) is 14.6. The SMILES string of the molecule is COc1cccc(-c2nc3c(C)cc(Br)cn3c2CC#N)c1. The van der Waals surface area contributed by atoms with Gasteiger partial charge in [0.25, 0.3) is 0 Å². The van der Waals surface area contributed by atoms with Crippen LogP contribution in [0.25, 0.3) is 16.9 Å². The smallest absolute Gasteiger partial charge is 0.140 e. The van der Waals surface area contributed by atoms with Gasteiger partial charge in [-0.1, -0.05) is 12.1 Å². The highest BCUT2D eigenvalue weighted by atomic mass is 79.9. The molecule has 0 N–H and O–H groups in total. The van der Waals surface area contributed by atoms with Gasteiger partial charge in [0.05, 0.1) is 31.0 Å². The fourth-order valence-electron chi connectivity index (χ4n) is 2.56. The van der Waals surface area contributed by atoms with E-state index in [0.717, 1.165) is 38.4 Å². The van der Waals surface area contributed by atoms with Gasteiger partial charge in [-0.3, -0.25) is 0 Å². The molecule has 2 aromatic heterocycles. The molecule has 2 heterocycles. The van der Waals surface area contributed by atoms with Gasteiger partial charge in [0.2, 0.25) is 0 Å². The Balaban J connectivity index is 2.31. The number of ether oxygens (including phenoxy) is 1. The van der Waals surface area contributed by atoms with Crippen molar-refractivity contribution in [2.75, 3.05) is 7.11 Å². The summed E-state index contributed by atoms with van der Waals surface area (Å²) in [4.78, 5) is 4.75. The summed E-state index contributed by atoms with van der Waals surface area (Å²) in [6.07, 6.45) is 2.25. The maximum atomic E-state index is 9.18. The summed E-state index contributed by atoms with van der Waals surface area (Å²) in [5, 5.41) is 9.18. The minimum absolute atomic E-state index is 0.295. The fourth-order valence-corrected chi connectivity index (χ4v) is 3.11. The Labute approximate surface area is 137 Å². The summed E-state index contributed by atoms with van der Waals surface area (Å²) in [6.45, 7) is 2.01. The van der Waals surface area contributed by atoms with Gasteiger partial charge in [0, 0.05) is 16.2 Å². The standard InChI is InChI=1S/C17H14BrN3O/c1-11-8-13(18)10-21-15(6-7-19)16(20-17(11)21)12-4-3-5-14(9-12)22-2/h3-5,8-10H,6H2,1-2H3. The van der Waals surface area contributed by atoms with Crippen molar-refractivity contribution >= 4 is 21.6 Å². The largest absolute Gasteiger partial charge is 0.497 e. The van der Waals surface area contributed by atoms with Crippen molar-refractivity contribution in [3.05, 3.63) is 52.3 Å². The number of methoxy groups -OCH3 is 1. The van der Waals surface area contributed by atoms with Crippen LogP contribution in [-0.4, -0.2) is 16.5 Å². The van der Waals surface area contributed by atoms with E-state index in [-0.39, 0.29) is 0 Å². The van der Waals surface area contributed by atoms with E-state index >= 15 is 0 Å². The van der Waals surface area contributed by atoms with Crippen LogP contribution in [0.1, 0.15) is 11.3 Å². The van der Waals surface area contributed by atoms with Gasteiger partial charge in [-0.25, -0.2) is 4.98 Å². The molecule has 0 bridgehead atoms. The van der Waals surface area contributed by atoms with Crippen LogP contribution < -0.4 is 4.74 Å². The van der Waals surface area contributed by atoms with Gasteiger partial charge in [0.1, 0.15) is 11.4 Å². The second-order valence-electron chi connectivity index (χ2n) is 5.01. The monoisotopic (exact) mass is 355 g/mol. The quantitative estimate of drug-likeness (QED) is 0.709. The van der Waals surface area contributed by atoms with Crippen molar-refractivity contribution < 1.29 is 4.74 Å². The Morgan fingerprint density at radius 3 is 2.91 bits per heavy atom. The predicted molar refractivity (Wildman–Crippen MR) is 88.9 cm³/mol. The summed E-state index contributed by atoms with van der Waals surface area (Å²) >= 11 is 3.51. The van der Waals surface area contributed by atoms with Crippen LogP contribution in [0.4, 0.5) is 0 Å². The van der Waals surface area contributed by atoms with E-state index in [1.807, 2.05) is 47.9 Å². The maximum absolute atomic E-state index is 9.18. The van der Waals surface area contributed by atoms with Gasteiger partial charge in [-0.2, -0.15) is 5.26 Å². The molecule has 0 aliphatic rings. The van der Waals surface area contributed by atoms with E-state index < -0.39 is 0 Å². The predicted octanol–water partition coefficient (Wildman–Crippen LogP) is 4.15. The Morgan fingerprint density at radius 2 is 2.18 bits per heavy atom. The van der Waals surface area contributed by atoms with Gasteiger partial charge in [-0.05, 0) is 46.6 Å². The van der Waals surface area contributed by atoms with Crippen molar-refractivity contribution in [1.29, 1.82) is 5.26 Å². The molecule has 4 nitrogen and oxygen atoms in total. The summed E-state index contributed by atoms with van der Waals surface area (Å²) in [6, 6.07) is 12.0. The third-order valence-electron chi connectivity index (χ3n) is 3.56. The van der Waals surface area contributed by atoms with Crippen LogP contribution in [0.2, 0.25) is 0 Å². The van der Waals surface area contributed by atoms with Crippen molar-refractivity contribution in [3.63, 3.8) is 0 Å². The number of hydrogen-bond donors (Lipinski definition) is 0. The van der Waals surface area contributed by atoms with E-state index in [4.69, 9.17) is 9.72 Å². The highest BCUT2D eigenvalue weighted by Crippen LogP contribution is 2.29. The summed E-state index contributed by atoms with van der Waals surface area (Å²) < 4.78 is 8.23. The molecule has 0 fully saturated rings. The van der Waals surface area contributed by atoms with Crippen LogP contribution in [0.15, 0.2) is 41.0 Å². The topological polar surface area (TPSA) is 50.3 Å². The molecule has 0 spiro atoms. The number of fused-ring (bicyclic) bond motifs is 1. The summed E-state index contributed by atoms with van der Waals surface area (Å²) in [7, 11) is 1.64. The lowest BCUT2D eigenvalue weighted by Gasteiger charge is -2.04. The number of nitrogens with zero attached hydrogens (tertiary/aromatic N) is 3. The molecule has 0 unspecified atom stereocenters. The molecular weight excluding hydrogens is 342 g/mol. The Kier molecular flexibility index (Phi) is 3.86. The number of rotatable bonds is 3. The van der Waals surface area contributed by atoms with Gasteiger partial charge in [-0.15, -0.1) is 0 Å². The lowest BCUT2D eigenvalue weighted by Crippen LogP contribution is -1.95. The first-order valence-corrected chi connectivity index (χ1v) is 7.62. The molecule has 0 aliphatic heterocycles. The minimum atomic E-state index is 0.295. The number of benzene rings is 1. The number of halogens is 1. The third-order valence-corrected chi connectivity index (χ3v) is 3.99. The van der Waals surface area contributed by atoms with E-state index in [0.29, 0.717) is 6.42 Å². The lowest BCUT2D eigenvalue weighted by molar-refractivity contribution is 0.415. The molecular formula is C17H14BrN3O. The zero-order chi connectivity index (χ0) is 15.7.